The molecule has 0 aliphatic rings. The summed E-state index contributed by atoms with van der Waals surface area (Å²) >= 11 is 0. The van der Waals surface area contributed by atoms with Crippen LogP contribution in [-0.4, -0.2) is 38.1 Å². The molecule has 0 spiro atoms. The van der Waals surface area contributed by atoms with Crippen molar-refractivity contribution in [3.05, 3.63) is 53.6 Å². The molecule has 2 amide bonds. The number of halogens is 3. The molecule has 0 fully saturated rings. The van der Waals surface area contributed by atoms with Crippen LogP contribution in [0.3, 0.4) is 0 Å². The zero-order valence-corrected chi connectivity index (χ0v) is 16.5. The minimum Gasteiger partial charge on any atom is -0.493 e. The molecule has 1 N–H and O–H groups in total. The Morgan fingerprint density at radius 2 is 1.80 bits per heavy atom. The van der Waals surface area contributed by atoms with Crippen molar-refractivity contribution in [3.8, 4) is 29.6 Å². The molecule has 2 aromatic rings. The van der Waals surface area contributed by atoms with E-state index in [2.05, 4.69) is 16.0 Å². The topological polar surface area (TPSA) is 60.0 Å². The lowest BCUT2D eigenvalue weighted by molar-refractivity contribution is -0.274. The summed E-state index contributed by atoms with van der Waals surface area (Å²) in [5.74, 6) is 3.05. The number of carbonyl (C=O) groups is 1. The molecule has 0 heterocycles. The molecule has 6 nitrogen and oxygen atoms in total. The molecule has 0 saturated heterocycles. The molecule has 0 atom stereocenters. The van der Waals surface area contributed by atoms with Crippen molar-refractivity contribution in [1.82, 2.24) is 10.2 Å². The molecule has 30 heavy (non-hydrogen) atoms. The van der Waals surface area contributed by atoms with Gasteiger partial charge in [0.15, 0.2) is 11.5 Å². The van der Waals surface area contributed by atoms with E-state index in [0.717, 1.165) is 5.56 Å². The van der Waals surface area contributed by atoms with E-state index < -0.39 is 6.36 Å². The molecule has 0 aliphatic carbocycles. The third kappa shape index (κ3) is 7.13. The Morgan fingerprint density at radius 1 is 1.13 bits per heavy atom. The summed E-state index contributed by atoms with van der Waals surface area (Å²) in [5.41, 5.74) is 1.43. The minimum absolute atomic E-state index is 0.0850. The number of hydrogen-bond donors (Lipinski definition) is 1. The number of nitrogens with zero attached hydrogens (tertiary/aromatic N) is 1. The van der Waals surface area contributed by atoms with E-state index in [4.69, 9.17) is 15.9 Å². The molecule has 0 aromatic heterocycles. The number of methoxy groups -OCH3 is 1. The van der Waals surface area contributed by atoms with Crippen LogP contribution in [-0.2, 0) is 13.1 Å². The molecule has 2 rings (SSSR count). The van der Waals surface area contributed by atoms with E-state index in [1.165, 1.54) is 36.3 Å². The first-order chi connectivity index (χ1) is 14.2. The number of alkyl halides is 3. The second-order valence-corrected chi connectivity index (χ2v) is 6.18. The van der Waals surface area contributed by atoms with Crippen molar-refractivity contribution in [2.24, 2.45) is 0 Å². The summed E-state index contributed by atoms with van der Waals surface area (Å²) in [4.78, 5) is 13.7. The van der Waals surface area contributed by atoms with E-state index in [-0.39, 0.29) is 31.5 Å². The van der Waals surface area contributed by atoms with Crippen molar-refractivity contribution in [1.29, 1.82) is 0 Å². The van der Waals surface area contributed by atoms with Gasteiger partial charge in [-0.25, -0.2) is 4.79 Å². The van der Waals surface area contributed by atoms with Crippen LogP contribution in [0.2, 0.25) is 0 Å². The predicted octanol–water partition coefficient (Wildman–Crippen LogP) is 3.95. The first-order valence-electron chi connectivity index (χ1n) is 8.78. The monoisotopic (exact) mass is 422 g/mol. The highest BCUT2D eigenvalue weighted by molar-refractivity contribution is 5.73. The van der Waals surface area contributed by atoms with E-state index >= 15 is 0 Å². The Balaban J connectivity index is 1.91. The molecule has 0 radical (unpaired) electrons. The lowest BCUT2D eigenvalue weighted by atomic mass is 10.2. The number of ether oxygens (including phenoxy) is 3. The van der Waals surface area contributed by atoms with Crippen molar-refractivity contribution in [3.63, 3.8) is 0 Å². The SMILES string of the molecule is C#CCOc1cc(CNC(=O)N(C)Cc2ccc(OC(F)(F)F)cc2)ccc1OC. The average Bonchev–Trinajstić information content (AvgIpc) is 2.70. The number of amides is 2. The van der Waals surface area contributed by atoms with Crippen molar-refractivity contribution in [2.45, 2.75) is 19.5 Å². The first-order valence-corrected chi connectivity index (χ1v) is 8.78. The second kappa shape index (κ2) is 10.3. The largest absolute Gasteiger partial charge is 0.573 e. The normalized spacial score (nSPS) is 10.7. The fourth-order valence-electron chi connectivity index (χ4n) is 2.52. The van der Waals surface area contributed by atoms with E-state index in [1.54, 1.807) is 25.2 Å². The van der Waals surface area contributed by atoms with Gasteiger partial charge in [0.2, 0.25) is 0 Å². The molecule has 2 aromatic carbocycles. The Morgan fingerprint density at radius 3 is 2.40 bits per heavy atom. The zero-order chi connectivity index (χ0) is 22.1. The third-order valence-corrected chi connectivity index (χ3v) is 3.91. The summed E-state index contributed by atoms with van der Waals surface area (Å²) in [6, 6.07) is 10.2. The number of carbonyl (C=O) groups excluding carboxylic acids is 1. The summed E-state index contributed by atoms with van der Waals surface area (Å²) in [5, 5.41) is 2.76. The van der Waals surface area contributed by atoms with Gasteiger partial charge < -0.3 is 24.4 Å². The summed E-state index contributed by atoms with van der Waals surface area (Å²) in [6.07, 6.45) is 0.456. The maximum absolute atomic E-state index is 12.3. The van der Waals surface area contributed by atoms with Gasteiger partial charge in [0.05, 0.1) is 7.11 Å². The number of urea groups is 1. The van der Waals surface area contributed by atoms with Gasteiger partial charge in [-0.05, 0) is 35.4 Å². The first kappa shape index (κ1) is 22.7. The Bertz CT molecular complexity index is 893. The summed E-state index contributed by atoms with van der Waals surface area (Å²) in [7, 11) is 3.08. The van der Waals surface area contributed by atoms with Crippen LogP contribution < -0.4 is 19.5 Å². The van der Waals surface area contributed by atoms with Gasteiger partial charge in [-0.15, -0.1) is 19.6 Å². The fraction of sp³-hybridized carbons (Fsp3) is 0.286. The Labute approximate surface area is 172 Å². The van der Waals surface area contributed by atoms with Crippen molar-refractivity contribution >= 4 is 6.03 Å². The standard InChI is InChI=1S/C21H21F3N2O4/c1-4-11-29-19-12-16(7-10-18(19)28-3)13-25-20(27)26(2)14-15-5-8-17(9-6-15)30-21(22,23)24/h1,5-10,12H,11,13-14H2,2-3H3,(H,25,27). The van der Waals surface area contributed by atoms with Gasteiger partial charge in [0.25, 0.3) is 0 Å². The van der Waals surface area contributed by atoms with Crippen molar-refractivity contribution < 1.29 is 32.2 Å². The van der Waals surface area contributed by atoms with Gasteiger partial charge in [-0.3, -0.25) is 0 Å². The highest BCUT2D eigenvalue weighted by Gasteiger charge is 2.30. The molecule has 0 unspecified atom stereocenters. The van der Waals surface area contributed by atoms with Crippen LogP contribution in [0, 0.1) is 12.3 Å². The van der Waals surface area contributed by atoms with Crippen LogP contribution in [0.5, 0.6) is 17.2 Å². The molecular formula is C21H21F3N2O4. The van der Waals surface area contributed by atoms with Crippen LogP contribution in [0.25, 0.3) is 0 Å². The van der Waals surface area contributed by atoms with E-state index in [9.17, 15) is 18.0 Å². The number of rotatable bonds is 8. The lowest BCUT2D eigenvalue weighted by Gasteiger charge is -2.19. The average molecular weight is 422 g/mol. The lowest BCUT2D eigenvalue weighted by Crippen LogP contribution is -2.36. The summed E-state index contributed by atoms with van der Waals surface area (Å²) in [6.45, 7) is 0.525. The number of nitrogens with one attached hydrogen (secondary N) is 1. The van der Waals surface area contributed by atoms with E-state index in [0.29, 0.717) is 17.1 Å². The Hall–Kier alpha value is -3.54. The molecule has 160 valence electrons. The highest BCUT2D eigenvalue weighted by Crippen LogP contribution is 2.28. The van der Waals surface area contributed by atoms with Crippen LogP contribution >= 0.6 is 0 Å². The van der Waals surface area contributed by atoms with Gasteiger partial charge in [0, 0.05) is 20.1 Å². The molecule has 0 aliphatic heterocycles. The van der Waals surface area contributed by atoms with Crippen molar-refractivity contribution in [2.75, 3.05) is 20.8 Å². The fourth-order valence-corrected chi connectivity index (χ4v) is 2.52. The molecule has 0 bridgehead atoms. The van der Waals surface area contributed by atoms with Crippen LogP contribution in [0.1, 0.15) is 11.1 Å². The second-order valence-electron chi connectivity index (χ2n) is 6.18. The minimum atomic E-state index is -4.74. The number of terminal acetylenes is 1. The summed E-state index contributed by atoms with van der Waals surface area (Å²) < 4.78 is 51.1. The number of benzene rings is 2. The van der Waals surface area contributed by atoms with Gasteiger partial charge in [0.1, 0.15) is 12.4 Å². The molecular weight excluding hydrogens is 401 g/mol. The third-order valence-electron chi connectivity index (χ3n) is 3.91. The van der Waals surface area contributed by atoms with Crippen LogP contribution in [0.4, 0.5) is 18.0 Å². The van der Waals surface area contributed by atoms with Gasteiger partial charge >= 0.3 is 12.4 Å². The predicted molar refractivity (Wildman–Crippen MR) is 104 cm³/mol. The maximum atomic E-state index is 12.3. The highest BCUT2D eigenvalue weighted by atomic mass is 19.4. The quantitative estimate of drug-likeness (QED) is 0.655. The maximum Gasteiger partial charge on any atom is 0.573 e. The smallest absolute Gasteiger partial charge is 0.493 e. The van der Waals surface area contributed by atoms with Crippen LogP contribution in [0.15, 0.2) is 42.5 Å². The Kier molecular flexibility index (Phi) is 7.81. The molecule has 0 saturated carbocycles. The zero-order valence-electron chi connectivity index (χ0n) is 16.5. The van der Waals surface area contributed by atoms with Gasteiger partial charge in [-0.1, -0.05) is 24.1 Å². The molecule has 9 heteroatoms. The van der Waals surface area contributed by atoms with E-state index in [1.807, 2.05) is 0 Å². The number of hydrogen-bond acceptors (Lipinski definition) is 4. The van der Waals surface area contributed by atoms with Gasteiger partial charge in [-0.2, -0.15) is 0 Å².